The third-order valence-electron chi connectivity index (χ3n) is 3.02. The molecule has 2 aromatic rings. The normalized spacial score (nSPS) is 17.6. The van der Waals surface area contributed by atoms with E-state index in [9.17, 15) is 4.79 Å². The highest BCUT2D eigenvalue weighted by Gasteiger charge is 2.35. The quantitative estimate of drug-likeness (QED) is 0.865. The van der Waals surface area contributed by atoms with E-state index in [0.29, 0.717) is 23.8 Å². The predicted molar refractivity (Wildman–Crippen MR) is 73.2 cm³/mol. The van der Waals surface area contributed by atoms with Gasteiger partial charge >= 0.3 is 5.97 Å². The van der Waals surface area contributed by atoms with Crippen LogP contribution in [0.15, 0.2) is 28.8 Å². The van der Waals surface area contributed by atoms with Gasteiger partial charge in [0.05, 0.1) is 12.2 Å². The molecule has 1 atom stereocenters. The Balaban J connectivity index is 2.12. The number of esters is 1. The van der Waals surface area contributed by atoms with Crippen LogP contribution in [-0.2, 0) is 9.53 Å². The summed E-state index contributed by atoms with van der Waals surface area (Å²) < 4.78 is 6.76. The first kappa shape index (κ1) is 12.8. The van der Waals surface area contributed by atoms with Gasteiger partial charge in [-0.05, 0) is 35.7 Å². The molecule has 2 aromatic heterocycles. The Hall–Kier alpha value is -2.22. The molecule has 0 saturated heterocycles. The van der Waals surface area contributed by atoms with Crippen LogP contribution in [0.25, 0.3) is 0 Å². The van der Waals surface area contributed by atoms with Gasteiger partial charge in [-0.25, -0.2) is 4.79 Å². The number of nitrogens with zero attached hydrogens (tertiary/aromatic N) is 4. The molecule has 8 heteroatoms. The van der Waals surface area contributed by atoms with Crippen LogP contribution in [0.4, 0.5) is 5.95 Å². The van der Waals surface area contributed by atoms with Gasteiger partial charge in [-0.1, -0.05) is 11.2 Å². The van der Waals surface area contributed by atoms with Crippen molar-refractivity contribution in [2.24, 2.45) is 0 Å². The van der Waals surface area contributed by atoms with E-state index in [4.69, 9.17) is 4.74 Å². The number of hydrogen-bond donors (Lipinski definition) is 1. The molecule has 3 rings (SSSR count). The van der Waals surface area contributed by atoms with Crippen LogP contribution in [0.5, 0.6) is 0 Å². The van der Waals surface area contributed by atoms with Gasteiger partial charge in [0.2, 0.25) is 5.95 Å². The molecule has 0 aromatic carbocycles. The molecule has 7 nitrogen and oxygen atoms in total. The fourth-order valence-electron chi connectivity index (χ4n) is 2.20. The average Bonchev–Trinajstić information content (AvgIpc) is 3.07. The summed E-state index contributed by atoms with van der Waals surface area (Å²) >= 11 is 1.55. The highest BCUT2D eigenvalue weighted by atomic mass is 32.1. The molecule has 1 N–H and O–H groups in total. The van der Waals surface area contributed by atoms with Crippen LogP contribution >= 0.6 is 11.3 Å². The summed E-state index contributed by atoms with van der Waals surface area (Å²) in [6, 6.07) is 3.54. The van der Waals surface area contributed by atoms with Crippen LogP contribution in [0.3, 0.4) is 0 Å². The van der Waals surface area contributed by atoms with E-state index in [1.54, 1.807) is 22.9 Å². The number of fused-ring (bicyclic) bond motifs is 1. The number of nitrogens with one attached hydrogen (secondary N) is 1. The Morgan fingerprint density at radius 3 is 3.15 bits per heavy atom. The van der Waals surface area contributed by atoms with Gasteiger partial charge in [0, 0.05) is 10.6 Å². The van der Waals surface area contributed by atoms with Gasteiger partial charge in [-0.15, -0.1) is 11.3 Å². The van der Waals surface area contributed by atoms with E-state index in [2.05, 4.69) is 20.8 Å². The van der Waals surface area contributed by atoms with E-state index in [1.807, 2.05) is 24.4 Å². The van der Waals surface area contributed by atoms with Gasteiger partial charge in [-0.3, -0.25) is 0 Å². The van der Waals surface area contributed by atoms with Crippen molar-refractivity contribution in [2.45, 2.75) is 19.9 Å². The minimum Gasteiger partial charge on any atom is -0.463 e. The first-order valence-corrected chi connectivity index (χ1v) is 7.06. The van der Waals surface area contributed by atoms with E-state index in [1.165, 1.54) is 0 Å². The SMILES string of the molecule is CCOC(=O)C1=C(C)Nc2nnnn2[C@@H]1c1cccs1. The fraction of sp³-hybridized carbons (Fsp3) is 0.333. The summed E-state index contributed by atoms with van der Waals surface area (Å²) in [6.45, 7) is 3.94. The van der Waals surface area contributed by atoms with Crippen LogP contribution in [0, 0.1) is 0 Å². The van der Waals surface area contributed by atoms with Crippen LogP contribution in [0.2, 0.25) is 0 Å². The number of tetrazole rings is 1. The molecular formula is C12H13N5O2S. The average molecular weight is 291 g/mol. The molecule has 20 heavy (non-hydrogen) atoms. The van der Waals surface area contributed by atoms with Crippen LogP contribution in [-0.4, -0.2) is 32.8 Å². The molecule has 0 unspecified atom stereocenters. The largest absolute Gasteiger partial charge is 0.463 e. The second-order valence-corrected chi connectivity index (χ2v) is 5.23. The van der Waals surface area contributed by atoms with Crippen molar-refractivity contribution in [3.63, 3.8) is 0 Å². The number of carbonyl (C=O) groups excluding carboxylic acids is 1. The third kappa shape index (κ3) is 1.97. The highest BCUT2D eigenvalue weighted by molar-refractivity contribution is 7.10. The first-order valence-electron chi connectivity index (χ1n) is 6.18. The Labute approximate surface area is 119 Å². The maximum atomic E-state index is 12.2. The zero-order chi connectivity index (χ0) is 14.1. The highest BCUT2D eigenvalue weighted by Crippen LogP contribution is 2.36. The van der Waals surface area contributed by atoms with Crippen LogP contribution < -0.4 is 5.32 Å². The lowest BCUT2D eigenvalue weighted by atomic mass is 10.0. The van der Waals surface area contributed by atoms with E-state index < -0.39 is 0 Å². The number of ether oxygens (including phenoxy) is 1. The molecule has 0 fully saturated rings. The molecular weight excluding hydrogens is 278 g/mol. The number of hydrogen-bond acceptors (Lipinski definition) is 7. The van der Waals surface area contributed by atoms with Crippen molar-refractivity contribution in [3.05, 3.63) is 33.7 Å². The molecule has 0 amide bonds. The number of aromatic nitrogens is 4. The fourth-order valence-corrected chi connectivity index (χ4v) is 3.01. The Morgan fingerprint density at radius 2 is 2.45 bits per heavy atom. The lowest BCUT2D eigenvalue weighted by Gasteiger charge is -2.26. The molecule has 1 aliphatic rings. The van der Waals surface area contributed by atoms with Crippen molar-refractivity contribution in [3.8, 4) is 0 Å². The zero-order valence-corrected chi connectivity index (χ0v) is 11.8. The molecule has 1 aliphatic heterocycles. The smallest absolute Gasteiger partial charge is 0.338 e. The molecule has 0 aliphatic carbocycles. The molecule has 104 valence electrons. The van der Waals surface area contributed by atoms with Gasteiger partial charge in [0.15, 0.2) is 0 Å². The van der Waals surface area contributed by atoms with Crippen molar-refractivity contribution < 1.29 is 9.53 Å². The van der Waals surface area contributed by atoms with Gasteiger partial charge in [0.1, 0.15) is 6.04 Å². The molecule has 0 saturated carbocycles. The lowest BCUT2D eigenvalue weighted by Crippen LogP contribution is -2.29. The number of anilines is 1. The Morgan fingerprint density at radius 1 is 1.60 bits per heavy atom. The van der Waals surface area contributed by atoms with Crippen LogP contribution in [0.1, 0.15) is 24.8 Å². The monoisotopic (exact) mass is 291 g/mol. The van der Waals surface area contributed by atoms with Gasteiger partial charge in [0.25, 0.3) is 0 Å². The summed E-state index contributed by atoms with van der Waals surface area (Å²) in [5.41, 5.74) is 1.25. The summed E-state index contributed by atoms with van der Waals surface area (Å²) in [5, 5.41) is 16.5. The number of allylic oxidation sites excluding steroid dienone is 1. The lowest BCUT2D eigenvalue weighted by molar-refractivity contribution is -0.139. The van der Waals surface area contributed by atoms with E-state index in [-0.39, 0.29) is 12.0 Å². The Bertz CT molecular complexity index is 661. The van der Waals surface area contributed by atoms with E-state index >= 15 is 0 Å². The maximum Gasteiger partial charge on any atom is 0.338 e. The second-order valence-electron chi connectivity index (χ2n) is 4.25. The van der Waals surface area contributed by atoms with Gasteiger partial charge < -0.3 is 10.1 Å². The molecule has 3 heterocycles. The number of rotatable bonds is 3. The van der Waals surface area contributed by atoms with Crippen molar-refractivity contribution in [1.29, 1.82) is 0 Å². The Kier molecular flexibility index (Phi) is 3.23. The molecule has 0 spiro atoms. The number of carbonyl (C=O) groups is 1. The zero-order valence-electron chi connectivity index (χ0n) is 11.0. The molecule has 0 bridgehead atoms. The summed E-state index contributed by atoms with van der Waals surface area (Å²) in [7, 11) is 0. The number of thiophene rings is 1. The second kappa shape index (κ2) is 5.04. The maximum absolute atomic E-state index is 12.2. The summed E-state index contributed by atoms with van der Waals surface area (Å²) in [5.74, 6) is 0.172. The standard InChI is InChI=1S/C12H13N5O2S/c1-3-19-11(18)9-7(2)13-12-14-15-16-17(12)10(9)8-5-4-6-20-8/h4-6,10H,3H2,1-2H3,(H,13,14,16)/t10-/m1/s1. The first-order chi connectivity index (χ1) is 9.72. The van der Waals surface area contributed by atoms with Crippen molar-refractivity contribution in [2.75, 3.05) is 11.9 Å². The van der Waals surface area contributed by atoms with Crippen molar-refractivity contribution in [1.82, 2.24) is 20.2 Å². The third-order valence-corrected chi connectivity index (χ3v) is 3.95. The summed E-state index contributed by atoms with van der Waals surface area (Å²) in [4.78, 5) is 13.2. The van der Waals surface area contributed by atoms with E-state index in [0.717, 1.165) is 4.88 Å². The summed E-state index contributed by atoms with van der Waals surface area (Å²) in [6.07, 6.45) is 0. The topological polar surface area (TPSA) is 81.9 Å². The van der Waals surface area contributed by atoms with Gasteiger partial charge in [-0.2, -0.15) is 4.68 Å². The minimum atomic E-state index is -0.350. The van der Waals surface area contributed by atoms with Crippen molar-refractivity contribution >= 4 is 23.3 Å². The molecule has 0 radical (unpaired) electrons. The minimum absolute atomic E-state index is 0.329. The predicted octanol–water partition coefficient (Wildman–Crippen LogP) is 1.59.